The van der Waals surface area contributed by atoms with Crippen LogP contribution in [-0.4, -0.2) is 4.40 Å². The lowest BCUT2D eigenvalue weighted by Gasteiger charge is -2.14. The van der Waals surface area contributed by atoms with E-state index in [4.69, 9.17) is 0 Å². The highest BCUT2D eigenvalue weighted by atomic mass is 14.9. The lowest BCUT2D eigenvalue weighted by atomic mass is 9.92. The maximum absolute atomic E-state index is 2.30. The zero-order chi connectivity index (χ0) is 12.8. The summed E-state index contributed by atoms with van der Waals surface area (Å²) in [5.41, 5.74) is 8.56. The van der Waals surface area contributed by atoms with Crippen molar-refractivity contribution >= 4 is 5.52 Å². The second-order valence-electron chi connectivity index (χ2n) is 5.53. The van der Waals surface area contributed by atoms with E-state index in [0.29, 0.717) is 0 Å². The lowest BCUT2D eigenvalue weighted by molar-refractivity contribution is 0.803. The van der Waals surface area contributed by atoms with Crippen LogP contribution in [0.4, 0.5) is 0 Å². The van der Waals surface area contributed by atoms with Gasteiger partial charge >= 0.3 is 0 Å². The van der Waals surface area contributed by atoms with Crippen molar-refractivity contribution in [3.8, 4) is 11.1 Å². The SMILES string of the molecule is Cc1ccc(-c2cn3cccc4c3c2CCC4)cc1. The van der Waals surface area contributed by atoms with E-state index in [-0.39, 0.29) is 0 Å². The number of aromatic nitrogens is 1. The topological polar surface area (TPSA) is 4.41 Å². The predicted octanol–water partition coefficient (Wildman–Crippen LogP) is 4.40. The number of hydrogen-bond acceptors (Lipinski definition) is 0. The summed E-state index contributed by atoms with van der Waals surface area (Å²) < 4.78 is 2.30. The van der Waals surface area contributed by atoms with Crippen molar-refractivity contribution in [3.05, 3.63) is 65.5 Å². The van der Waals surface area contributed by atoms with Crippen molar-refractivity contribution < 1.29 is 0 Å². The molecular weight excluding hydrogens is 230 g/mol. The Balaban J connectivity index is 2.01. The van der Waals surface area contributed by atoms with Crippen molar-refractivity contribution in [2.24, 2.45) is 0 Å². The zero-order valence-electron chi connectivity index (χ0n) is 11.2. The molecule has 19 heavy (non-hydrogen) atoms. The molecule has 2 aromatic heterocycles. The molecule has 0 fully saturated rings. The van der Waals surface area contributed by atoms with Crippen molar-refractivity contribution in [1.29, 1.82) is 0 Å². The summed E-state index contributed by atoms with van der Waals surface area (Å²) in [5.74, 6) is 0. The van der Waals surface area contributed by atoms with Gasteiger partial charge in [0, 0.05) is 18.0 Å². The van der Waals surface area contributed by atoms with Gasteiger partial charge in [0.15, 0.2) is 0 Å². The largest absolute Gasteiger partial charge is 0.323 e. The van der Waals surface area contributed by atoms with Gasteiger partial charge in [-0.2, -0.15) is 0 Å². The lowest BCUT2D eigenvalue weighted by Crippen LogP contribution is -2.01. The Hall–Kier alpha value is -2.02. The number of pyridine rings is 1. The molecule has 0 radical (unpaired) electrons. The second kappa shape index (κ2) is 3.99. The molecule has 94 valence electrons. The van der Waals surface area contributed by atoms with Gasteiger partial charge in [-0.3, -0.25) is 0 Å². The van der Waals surface area contributed by atoms with E-state index in [2.05, 4.69) is 60.1 Å². The van der Waals surface area contributed by atoms with Crippen molar-refractivity contribution in [2.45, 2.75) is 26.2 Å². The molecule has 2 heterocycles. The molecule has 3 aromatic rings. The number of benzene rings is 1. The minimum absolute atomic E-state index is 1.21. The van der Waals surface area contributed by atoms with E-state index in [0.717, 1.165) is 0 Å². The Bertz CT molecular complexity index is 747. The average molecular weight is 247 g/mol. The van der Waals surface area contributed by atoms with Gasteiger partial charge in [0.05, 0.1) is 5.52 Å². The number of aryl methyl sites for hydroxylation is 3. The first-order chi connectivity index (χ1) is 9.33. The van der Waals surface area contributed by atoms with E-state index < -0.39 is 0 Å². The van der Waals surface area contributed by atoms with Crippen LogP contribution in [0, 0.1) is 6.92 Å². The molecule has 1 aliphatic carbocycles. The van der Waals surface area contributed by atoms with E-state index in [9.17, 15) is 0 Å². The highest BCUT2D eigenvalue weighted by molar-refractivity contribution is 5.79. The first kappa shape index (κ1) is 10.9. The van der Waals surface area contributed by atoms with Crippen molar-refractivity contribution in [2.75, 3.05) is 0 Å². The molecule has 1 nitrogen and oxygen atoms in total. The summed E-state index contributed by atoms with van der Waals surface area (Å²) in [4.78, 5) is 0. The molecule has 0 saturated carbocycles. The van der Waals surface area contributed by atoms with Gasteiger partial charge in [-0.25, -0.2) is 0 Å². The summed E-state index contributed by atoms with van der Waals surface area (Å²) >= 11 is 0. The Kier molecular flexibility index (Phi) is 2.28. The molecule has 0 bridgehead atoms. The van der Waals surface area contributed by atoms with Crippen LogP contribution in [0.2, 0.25) is 0 Å². The molecule has 0 unspecified atom stereocenters. The fraction of sp³-hybridized carbons (Fsp3) is 0.222. The first-order valence-corrected chi connectivity index (χ1v) is 7.01. The summed E-state index contributed by atoms with van der Waals surface area (Å²) in [6, 6.07) is 13.3. The standard InChI is InChI=1S/C18H17N/c1-13-7-9-14(10-8-13)17-12-19-11-3-5-15-4-2-6-16(17)18(15)19/h3,5,7-12H,2,4,6H2,1H3. The molecule has 0 saturated heterocycles. The Morgan fingerprint density at radius 2 is 1.84 bits per heavy atom. The predicted molar refractivity (Wildman–Crippen MR) is 79.6 cm³/mol. The van der Waals surface area contributed by atoms with Gasteiger partial charge in [0.2, 0.25) is 0 Å². The van der Waals surface area contributed by atoms with Gasteiger partial charge < -0.3 is 4.40 Å². The van der Waals surface area contributed by atoms with Crippen LogP contribution in [0.1, 0.15) is 23.1 Å². The highest BCUT2D eigenvalue weighted by Crippen LogP contribution is 2.35. The third kappa shape index (κ3) is 1.61. The van der Waals surface area contributed by atoms with E-state index >= 15 is 0 Å². The molecule has 0 aliphatic heterocycles. The molecule has 4 rings (SSSR count). The third-order valence-corrected chi connectivity index (χ3v) is 4.22. The molecule has 0 spiro atoms. The molecule has 0 amide bonds. The fourth-order valence-electron chi connectivity index (χ4n) is 3.27. The maximum atomic E-state index is 2.30. The Morgan fingerprint density at radius 3 is 2.68 bits per heavy atom. The molecule has 0 atom stereocenters. The summed E-state index contributed by atoms with van der Waals surface area (Å²) in [6.07, 6.45) is 8.16. The van der Waals surface area contributed by atoms with Crippen LogP contribution in [-0.2, 0) is 12.8 Å². The third-order valence-electron chi connectivity index (χ3n) is 4.22. The fourth-order valence-corrected chi connectivity index (χ4v) is 3.27. The number of rotatable bonds is 1. The Labute approximate surface area is 113 Å². The first-order valence-electron chi connectivity index (χ1n) is 7.01. The van der Waals surface area contributed by atoms with Crippen molar-refractivity contribution in [3.63, 3.8) is 0 Å². The van der Waals surface area contributed by atoms with Gasteiger partial charge in [0.1, 0.15) is 0 Å². The molecule has 1 heteroatoms. The molecular formula is C18H17N. The van der Waals surface area contributed by atoms with Gasteiger partial charge in [-0.15, -0.1) is 0 Å². The van der Waals surface area contributed by atoms with Gasteiger partial charge in [-0.05, 0) is 48.9 Å². The van der Waals surface area contributed by atoms with Crippen LogP contribution < -0.4 is 0 Å². The minimum atomic E-state index is 1.21. The van der Waals surface area contributed by atoms with Gasteiger partial charge in [0.25, 0.3) is 0 Å². The second-order valence-corrected chi connectivity index (χ2v) is 5.53. The van der Waals surface area contributed by atoms with Gasteiger partial charge in [-0.1, -0.05) is 35.9 Å². The zero-order valence-corrected chi connectivity index (χ0v) is 11.2. The Morgan fingerprint density at radius 1 is 1.00 bits per heavy atom. The van der Waals surface area contributed by atoms with Crippen LogP contribution in [0.25, 0.3) is 16.6 Å². The normalized spacial score (nSPS) is 13.9. The van der Waals surface area contributed by atoms with E-state index in [1.165, 1.54) is 52.6 Å². The minimum Gasteiger partial charge on any atom is -0.323 e. The maximum Gasteiger partial charge on any atom is 0.0520 e. The van der Waals surface area contributed by atoms with Crippen LogP contribution in [0.5, 0.6) is 0 Å². The smallest absolute Gasteiger partial charge is 0.0520 e. The van der Waals surface area contributed by atoms with Crippen LogP contribution >= 0.6 is 0 Å². The van der Waals surface area contributed by atoms with Crippen LogP contribution in [0.3, 0.4) is 0 Å². The average Bonchev–Trinajstić information content (AvgIpc) is 2.82. The van der Waals surface area contributed by atoms with Crippen LogP contribution in [0.15, 0.2) is 48.8 Å². The summed E-state index contributed by atoms with van der Waals surface area (Å²) in [5, 5.41) is 0. The number of nitrogens with zero attached hydrogens (tertiary/aromatic N) is 1. The molecule has 1 aliphatic rings. The number of hydrogen-bond donors (Lipinski definition) is 0. The summed E-state index contributed by atoms with van der Waals surface area (Å²) in [7, 11) is 0. The summed E-state index contributed by atoms with van der Waals surface area (Å²) in [6.45, 7) is 2.14. The van der Waals surface area contributed by atoms with E-state index in [1.807, 2.05) is 0 Å². The van der Waals surface area contributed by atoms with E-state index in [1.54, 1.807) is 0 Å². The molecule has 1 aromatic carbocycles. The molecule has 0 N–H and O–H groups in total. The quantitative estimate of drug-likeness (QED) is 0.600. The van der Waals surface area contributed by atoms with Crippen molar-refractivity contribution in [1.82, 2.24) is 4.40 Å². The highest BCUT2D eigenvalue weighted by Gasteiger charge is 2.18. The monoisotopic (exact) mass is 247 g/mol.